The summed E-state index contributed by atoms with van der Waals surface area (Å²) in [5, 5.41) is 21.4. The lowest BCUT2D eigenvalue weighted by Crippen LogP contribution is -2.47. The molecule has 154 valence electrons. The predicted octanol–water partition coefficient (Wildman–Crippen LogP) is 3.37. The molecule has 0 bridgehead atoms. The lowest BCUT2D eigenvalue weighted by molar-refractivity contribution is -0.385. The molecule has 9 heteroatoms. The molecular formula is C20H23FN4O4. The third-order valence-corrected chi connectivity index (χ3v) is 5.21. The van der Waals surface area contributed by atoms with Gasteiger partial charge in [0.2, 0.25) is 0 Å². The van der Waals surface area contributed by atoms with Gasteiger partial charge in [-0.15, -0.1) is 0 Å². The van der Waals surface area contributed by atoms with E-state index in [1.165, 1.54) is 36.4 Å². The van der Waals surface area contributed by atoms with Crippen LogP contribution in [0.4, 0.5) is 15.8 Å². The van der Waals surface area contributed by atoms with E-state index >= 15 is 0 Å². The van der Waals surface area contributed by atoms with Crippen LogP contribution in [0, 0.1) is 20.2 Å². The van der Waals surface area contributed by atoms with Crippen molar-refractivity contribution >= 4 is 11.4 Å². The topological polar surface area (TPSA) is 92.8 Å². The highest BCUT2D eigenvalue weighted by atomic mass is 19.1. The minimum atomic E-state index is -1.18. The second-order valence-electron chi connectivity index (χ2n) is 7.13. The zero-order valence-corrected chi connectivity index (χ0v) is 15.9. The quantitative estimate of drug-likeness (QED) is 0.496. The fraction of sp³-hybridized carbons (Fsp3) is 0.400. The minimum absolute atomic E-state index is 0.0393. The number of hydrogen-bond acceptors (Lipinski definition) is 6. The normalized spacial score (nSPS) is 16.4. The van der Waals surface area contributed by atoms with E-state index in [-0.39, 0.29) is 17.9 Å². The van der Waals surface area contributed by atoms with Gasteiger partial charge in [-0.25, -0.2) is 4.39 Å². The van der Waals surface area contributed by atoms with E-state index in [9.17, 15) is 24.6 Å². The van der Waals surface area contributed by atoms with Gasteiger partial charge in [-0.1, -0.05) is 12.1 Å². The van der Waals surface area contributed by atoms with Crippen molar-refractivity contribution in [3.8, 4) is 0 Å². The van der Waals surface area contributed by atoms with Crippen LogP contribution in [0.2, 0.25) is 0 Å². The molecule has 1 aliphatic heterocycles. The smallest absolute Gasteiger partial charge is 0.269 e. The Bertz CT molecular complexity index is 837. The molecule has 0 amide bonds. The van der Waals surface area contributed by atoms with Gasteiger partial charge in [0.1, 0.15) is 6.17 Å². The SMILES string of the molecule is O=[N+]([O-])c1ccc(CCN2CCN(CC(F)c3ccc([N+](=O)[O-])cc3)CC2)cc1. The molecule has 0 N–H and O–H groups in total. The predicted molar refractivity (Wildman–Crippen MR) is 107 cm³/mol. The first-order valence-corrected chi connectivity index (χ1v) is 9.49. The monoisotopic (exact) mass is 402 g/mol. The molecule has 2 aromatic rings. The number of halogens is 1. The van der Waals surface area contributed by atoms with Crippen molar-refractivity contribution in [1.29, 1.82) is 0 Å². The third kappa shape index (κ3) is 5.78. The number of rotatable bonds is 8. The van der Waals surface area contributed by atoms with Crippen LogP contribution in [0.15, 0.2) is 48.5 Å². The highest BCUT2D eigenvalue weighted by molar-refractivity contribution is 5.34. The van der Waals surface area contributed by atoms with Crippen LogP contribution in [-0.2, 0) is 6.42 Å². The summed E-state index contributed by atoms with van der Waals surface area (Å²) in [6.45, 7) is 4.31. The second kappa shape index (κ2) is 9.53. The van der Waals surface area contributed by atoms with Gasteiger partial charge < -0.3 is 4.90 Å². The van der Waals surface area contributed by atoms with Gasteiger partial charge in [0.25, 0.3) is 11.4 Å². The van der Waals surface area contributed by atoms with Crippen LogP contribution in [0.25, 0.3) is 0 Å². The Hall–Kier alpha value is -2.91. The maximum absolute atomic E-state index is 14.5. The molecule has 29 heavy (non-hydrogen) atoms. The number of nitro groups is 2. The first-order chi connectivity index (χ1) is 13.9. The molecule has 0 saturated carbocycles. The molecular weight excluding hydrogens is 379 g/mol. The van der Waals surface area contributed by atoms with Gasteiger partial charge in [0.15, 0.2) is 0 Å². The summed E-state index contributed by atoms with van der Waals surface area (Å²) in [5.74, 6) is 0. The highest BCUT2D eigenvalue weighted by Gasteiger charge is 2.21. The van der Waals surface area contributed by atoms with Crippen molar-refractivity contribution in [2.75, 3.05) is 39.3 Å². The molecule has 0 aromatic heterocycles. The van der Waals surface area contributed by atoms with Crippen LogP contribution >= 0.6 is 0 Å². The van der Waals surface area contributed by atoms with E-state index in [1.807, 2.05) is 0 Å². The lowest BCUT2D eigenvalue weighted by Gasteiger charge is -2.35. The molecule has 1 saturated heterocycles. The average molecular weight is 402 g/mol. The summed E-state index contributed by atoms with van der Waals surface area (Å²) in [5.41, 5.74) is 1.56. The van der Waals surface area contributed by atoms with Crippen LogP contribution in [0.5, 0.6) is 0 Å². The van der Waals surface area contributed by atoms with E-state index < -0.39 is 16.0 Å². The van der Waals surface area contributed by atoms with E-state index in [4.69, 9.17) is 0 Å². The van der Waals surface area contributed by atoms with Gasteiger partial charge >= 0.3 is 0 Å². The average Bonchev–Trinajstić information content (AvgIpc) is 2.73. The standard InChI is InChI=1S/C20H23FN4O4/c21-20(17-3-7-19(8-4-17)25(28)29)15-23-13-11-22(12-14-23)10-9-16-1-5-18(6-2-16)24(26)27/h1-8,20H,9-15H2. The lowest BCUT2D eigenvalue weighted by atomic mass is 10.1. The van der Waals surface area contributed by atoms with E-state index in [0.29, 0.717) is 5.56 Å². The van der Waals surface area contributed by atoms with Crippen LogP contribution in [-0.4, -0.2) is 58.9 Å². The summed E-state index contributed by atoms with van der Waals surface area (Å²) in [6, 6.07) is 12.2. The largest absolute Gasteiger partial charge is 0.300 e. The van der Waals surface area contributed by atoms with Gasteiger partial charge in [-0.3, -0.25) is 25.1 Å². The van der Waals surface area contributed by atoms with Gasteiger partial charge in [0.05, 0.1) is 9.85 Å². The Morgan fingerprint density at radius 1 is 0.828 bits per heavy atom. The van der Waals surface area contributed by atoms with Crippen molar-refractivity contribution in [3.05, 3.63) is 79.9 Å². The molecule has 8 nitrogen and oxygen atoms in total. The molecule has 2 aromatic carbocycles. The van der Waals surface area contributed by atoms with E-state index in [0.717, 1.165) is 44.7 Å². The van der Waals surface area contributed by atoms with Gasteiger partial charge in [0, 0.05) is 63.5 Å². The Balaban J connectivity index is 1.41. The van der Waals surface area contributed by atoms with Gasteiger partial charge in [-0.05, 0) is 29.7 Å². The van der Waals surface area contributed by atoms with Crippen molar-refractivity contribution in [1.82, 2.24) is 9.80 Å². The number of benzene rings is 2. The Kier molecular flexibility index (Phi) is 6.84. The van der Waals surface area contributed by atoms with Crippen LogP contribution in [0.3, 0.4) is 0 Å². The summed E-state index contributed by atoms with van der Waals surface area (Å²) < 4.78 is 14.5. The first-order valence-electron chi connectivity index (χ1n) is 9.49. The number of alkyl halides is 1. The fourth-order valence-electron chi connectivity index (χ4n) is 3.40. The van der Waals surface area contributed by atoms with Crippen LogP contribution < -0.4 is 0 Å². The van der Waals surface area contributed by atoms with Crippen molar-refractivity contribution in [2.45, 2.75) is 12.6 Å². The Labute approximate surface area is 167 Å². The van der Waals surface area contributed by atoms with Crippen molar-refractivity contribution in [2.24, 2.45) is 0 Å². The summed E-state index contributed by atoms with van der Waals surface area (Å²) >= 11 is 0. The summed E-state index contributed by atoms with van der Waals surface area (Å²) in [4.78, 5) is 24.9. The molecule has 1 aliphatic rings. The molecule has 0 radical (unpaired) electrons. The van der Waals surface area contributed by atoms with Crippen molar-refractivity contribution < 1.29 is 14.2 Å². The molecule has 1 unspecified atom stereocenters. The molecule has 1 atom stereocenters. The highest BCUT2D eigenvalue weighted by Crippen LogP contribution is 2.22. The Morgan fingerprint density at radius 2 is 1.31 bits per heavy atom. The van der Waals surface area contributed by atoms with E-state index in [2.05, 4.69) is 9.80 Å². The number of nitro benzene ring substituents is 2. The summed E-state index contributed by atoms with van der Waals surface area (Å²) in [6.07, 6.45) is -0.366. The molecule has 1 fully saturated rings. The third-order valence-electron chi connectivity index (χ3n) is 5.21. The fourth-order valence-corrected chi connectivity index (χ4v) is 3.40. The number of nitrogens with zero attached hydrogens (tertiary/aromatic N) is 4. The summed E-state index contributed by atoms with van der Waals surface area (Å²) in [7, 11) is 0. The number of hydrogen-bond donors (Lipinski definition) is 0. The molecule has 0 spiro atoms. The Morgan fingerprint density at radius 3 is 1.83 bits per heavy atom. The zero-order valence-electron chi connectivity index (χ0n) is 15.9. The van der Waals surface area contributed by atoms with Crippen LogP contribution in [0.1, 0.15) is 17.3 Å². The maximum atomic E-state index is 14.5. The first kappa shape index (κ1) is 20.8. The minimum Gasteiger partial charge on any atom is -0.300 e. The van der Waals surface area contributed by atoms with E-state index in [1.54, 1.807) is 12.1 Å². The number of non-ortho nitro benzene ring substituents is 2. The zero-order chi connectivity index (χ0) is 20.8. The molecule has 3 rings (SSSR count). The number of piperazine rings is 1. The maximum Gasteiger partial charge on any atom is 0.269 e. The molecule has 1 heterocycles. The van der Waals surface area contributed by atoms with Gasteiger partial charge in [-0.2, -0.15) is 0 Å². The van der Waals surface area contributed by atoms with Crippen molar-refractivity contribution in [3.63, 3.8) is 0 Å². The molecule has 0 aliphatic carbocycles. The second-order valence-corrected chi connectivity index (χ2v) is 7.13.